The number of hydrogen-bond acceptors (Lipinski definition) is 5. The Labute approximate surface area is 99.2 Å². The van der Waals surface area contributed by atoms with Gasteiger partial charge in [-0.3, -0.25) is 5.10 Å². The van der Waals surface area contributed by atoms with Gasteiger partial charge in [0.05, 0.1) is 11.6 Å². The quantitative estimate of drug-likeness (QED) is 0.771. The first-order chi connectivity index (χ1) is 8.15. The van der Waals surface area contributed by atoms with Crippen LogP contribution < -0.4 is 10.6 Å². The average molecular weight is 232 g/mol. The van der Waals surface area contributed by atoms with Crippen LogP contribution in [0.25, 0.3) is 11.0 Å². The second-order valence-corrected chi connectivity index (χ2v) is 4.88. The third-order valence-electron chi connectivity index (χ3n) is 3.36. The summed E-state index contributed by atoms with van der Waals surface area (Å²) >= 11 is 0. The lowest BCUT2D eigenvalue weighted by Crippen LogP contribution is -2.28. The molecule has 2 atom stereocenters. The Balaban J connectivity index is 2.13. The summed E-state index contributed by atoms with van der Waals surface area (Å²) in [6.45, 7) is 5.49. The molecule has 6 nitrogen and oxygen atoms in total. The molecular weight excluding hydrogens is 216 g/mol. The predicted octanol–water partition coefficient (Wildman–Crippen LogP) is 1.17. The molecule has 17 heavy (non-hydrogen) atoms. The highest BCUT2D eigenvalue weighted by atomic mass is 15.3. The molecule has 0 amide bonds. The Morgan fingerprint density at radius 1 is 1.41 bits per heavy atom. The molecule has 1 aliphatic rings. The van der Waals surface area contributed by atoms with E-state index in [0.717, 1.165) is 17.7 Å². The summed E-state index contributed by atoms with van der Waals surface area (Å²) in [6.07, 6.45) is 2.95. The molecule has 2 aromatic rings. The number of nitrogens with one attached hydrogen (secondary N) is 1. The van der Waals surface area contributed by atoms with Gasteiger partial charge < -0.3 is 10.6 Å². The van der Waals surface area contributed by atoms with Crippen LogP contribution in [0.4, 0.5) is 11.8 Å². The van der Waals surface area contributed by atoms with Crippen LogP contribution in [-0.4, -0.2) is 32.8 Å². The third-order valence-corrected chi connectivity index (χ3v) is 3.36. The lowest BCUT2D eigenvalue weighted by atomic mass is 10.1. The zero-order valence-electron chi connectivity index (χ0n) is 10.0. The van der Waals surface area contributed by atoms with Gasteiger partial charge in [0.1, 0.15) is 5.82 Å². The molecule has 6 heteroatoms. The van der Waals surface area contributed by atoms with Crippen LogP contribution in [0.5, 0.6) is 0 Å². The van der Waals surface area contributed by atoms with Crippen LogP contribution in [0.3, 0.4) is 0 Å². The number of nitrogen functional groups attached to an aromatic ring is 1. The minimum Gasteiger partial charge on any atom is -0.368 e. The molecule has 2 aromatic heterocycles. The van der Waals surface area contributed by atoms with E-state index in [4.69, 9.17) is 5.73 Å². The molecule has 0 radical (unpaired) electrons. The van der Waals surface area contributed by atoms with Gasteiger partial charge in [-0.05, 0) is 19.3 Å². The second-order valence-electron chi connectivity index (χ2n) is 4.88. The van der Waals surface area contributed by atoms with Gasteiger partial charge in [0, 0.05) is 12.6 Å². The van der Waals surface area contributed by atoms with Crippen LogP contribution in [0.15, 0.2) is 6.20 Å². The van der Waals surface area contributed by atoms with E-state index >= 15 is 0 Å². The smallest absolute Gasteiger partial charge is 0.224 e. The van der Waals surface area contributed by atoms with E-state index in [0.29, 0.717) is 23.6 Å². The summed E-state index contributed by atoms with van der Waals surface area (Å²) in [4.78, 5) is 10.8. The number of nitrogens with two attached hydrogens (primary N) is 1. The summed E-state index contributed by atoms with van der Waals surface area (Å²) in [7, 11) is 0. The van der Waals surface area contributed by atoms with Crippen molar-refractivity contribution in [2.24, 2.45) is 5.92 Å². The molecule has 1 fully saturated rings. The predicted molar refractivity (Wildman–Crippen MR) is 66.7 cm³/mol. The summed E-state index contributed by atoms with van der Waals surface area (Å²) in [6, 6.07) is 0.484. The number of rotatable bonds is 1. The minimum absolute atomic E-state index is 0.295. The first-order valence-electron chi connectivity index (χ1n) is 5.88. The maximum absolute atomic E-state index is 5.73. The second kappa shape index (κ2) is 3.58. The number of aromatic amines is 1. The molecule has 0 saturated carbocycles. The molecule has 90 valence electrons. The number of aromatic nitrogens is 4. The molecule has 2 unspecified atom stereocenters. The first-order valence-corrected chi connectivity index (χ1v) is 5.88. The van der Waals surface area contributed by atoms with Gasteiger partial charge in [-0.2, -0.15) is 15.1 Å². The Morgan fingerprint density at radius 3 is 2.94 bits per heavy atom. The van der Waals surface area contributed by atoms with Crippen molar-refractivity contribution in [2.75, 3.05) is 17.2 Å². The van der Waals surface area contributed by atoms with Crippen LogP contribution in [0.2, 0.25) is 0 Å². The molecule has 1 aliphatic heterocycles. The van der Waals surface area contributed by atoms with Gasteiger partial charge in [-0.1, -0.05) is 6.92 Å². The van der Waals surface area contributed by atoms with Crippen LogP contribution in [0, 0.1) is 5.92 Å². The highest BCUT2D eigenvalue weighted by Crippen LogP contribution is 2.31. The van der Waals surface area contributed by atoms with Crippen molar-refractivity contribution in [3.63, 3.8) is 0 Å². The molecule has 0 bridgehead atoms. The molecule has 0 spiro atoms. The highest BCUT2D eigenvalue weighted by molar-refractivity contribution is 5.87. The maximum Gasteiger partial charge on any atom is 0.224 e. The van der Waals surface area contributed by atoms with Gasteiger partial charge in [0.2, 0.25) is 5.95 Å². The minimum atomic E-state index is 0.295. The normalized spacial score (nSPS) is 24.7. The number of hydrogen-bond donors (Lipinski definition) is 2. The maximum atomic E-state index is 5.73. The van der Waals surface area contributed by atoms with Crippen LogP contribution >= 0.6 is 0 Å². The summed E-state index contributed by atoms with van der Waals surface area (Å²) in [5, 5.41) is 7.80. The fourth-order valence-corrected chi connectivity index (χ4v) is 2.65. The van der Waals surface area contributed by atoms with Crippen molar-refractivity contribution in [1.29, 1.82) is 0 Å². The Hall–Kier alpha value is -1.85. The van der Waals surface area contributed by atoms with E-state index in [1.807, 2.05) is 0 Å². The number of H-pyrrole nitrogens is 1. The van der Waals surface area contributed by atoms with Crippen molar-refractivity contribution in [3.8, 4) is 0 Å². The lowest BCUT2D eigenvalue weighted by Gasteiger charge is -2.23. The Kier molecular flexibility index (Phi) is 2.17. The Morgan fingerprint density at radius 2 is 2.24 bits per heavy atom. The topological polar surface area (TPSA) is 83.7 Å². The number of anilines is 2. The monoisotopic (exact) mass is 232 g/mol. The van der Waals surface area contributed by atoms with Crippen LogP contribution in [0.1, 0.15) is 20.3 Å². The summed E-state index contributed by atoms with van der Waals surface area (Å²) in [5.41, 5.74) is 6.44. The van der Waals surface area contributed by atoms with E-state index < -0.39 is 0 Å². The summed E-state index contributed by atoms with van der Waals surface area (Å²) in [5.74, 6) is 1.88. The number of nitrogens with zero attached hydrogens (tertiary/aromatic N) is 4. The van der Waals surface area contributed by atoms with E-state index in [2.05, 4.69) is 38.9 Å². The number of fused-ring (bicyclic) bond motifs is 1. The van der Waals surface area contributed by atoms with Crippen molar-refractivity contribution in [3.05, 3.63) is 6.20 Å². The molecule has 0 aliphatic carbocycles. The molecule has 1 saturated heterocycles. The third kappa shape index (κ3) is 1.60. The zero-order valence-corrected chi connectivity index (χ0v) is 10.0. The molecular formula is C11H16N6. The molecule has 3 N–H and O–H groups in total. The Bertz CT molecular complexity index is 548. The first kappa shape index (κ1) is 10.3. The van der Waals surface area contributed by atoms with Gasteiger partial charge in [-0.15, -0.1) is 0 Å². The van der Waals surface area contributed by atoms with E-state index in [-0.39, 0.29) is 0 Å². The standard InChI is InChI=1S/C11H16N6/c1-6-3-7(2)17(5-6)10-8-4-13-16-9(8)14-11(12)15-10/h4,6-7H,3,5H2,1-2H3,(H3,12,13,14,15,16). The average Bonchev–Trinajstić information content (AvgIpc) is 2.83. The van der Waals surface area contributed by atoms with E-state index in [9.17, 15) is 0 Å². The molecule has 0 aromatic carbocycles. The lowest BCUT2D eigenvalue weighted by molar-refractivity contribution is 0.625. The van der Waals surface area contributed by atoms with E-state index in [1.165, 1.54) is 6.42 Å². The van der Waals surface area contributed by atoms with Crippen LogP contribution in [-0.2, 0) is 0 Å². The van der Waals surface area contributed by atoms with Crippen molar-refractivity contribution < 1.29 is 0 Å². The largest absolute Gasteiger partial charge is 0.368 e. The SMILES string of the molecule is CC1CC(C)N(c2nc(N)nc3[nH]ncc23)C1. The summed E-state index contributed by atoms with van der Waals surface area (Å²) < 4.78 is 0. The van der Waals surface area contributed by atoms with Gasteiger partial charge in [-0.25, -0.2) is 0 Å². The molecule has 3 heterocycles. The van der Waals surface area contributed by atoms with Crippen molar-refractivity contribution in [1.82, 2.24) is 20.2 Å². The van der Waals surface area contributed by atoms with Gasteiger partial charge in [0.25, 0.3) is 0 Å². The van der Waals surface area contributed by atoms with Gasteiger partial charge in [0.15, 0.2) is 5.65 Å². The molecule has 3 rings (SSSR count). The van der Waals surface area contributed by atoms with Gasteiger partial charge >= 0.3 is 0 Å². The fourth-order valence-electron chi connectivity index (χ4n) is 2.65. The zero-order chi connectivity index (χ0) is 12.0. The van der Waals surface area contributed by atoms with Crippen molar-refractivity contribution in [2.45, 2.75) is 26.3 Å². The highest BCUT2D eigenvalue weighted by Gasteiger charge is 2.29. The fraction of sp³-hybridized carbons (Fsp3) is 0.545. The van der Waals surface area contributed by atoms with E-state index in [1.54, 1.807) is 6.20 Å². The van der Waals surface area contributed by atoms with Crippen molar-refractivity contribution >= 4 is 22.8 Å².